The van der Waals surface area contributed by atoms with Crippen LogP contribution in [0.2, 0.25) is 0 Å². The van der Waals surface area contributed by atoms with Crippen molar-refractivity contribution in [3.8, 4) is 0 Å². The van der Waals surface area contributed by atoms with E-state index in [9.17, 15) is 14.0 Å². The van der Waals surface area contributed by atoms with Gasteiger partial charge in [-0.25, -0.2) is 4.39 Å². The lowest BCUT2D eigenvalue weighted by molar-refractivity contribution is -0.137. The van der Waals surface area contributed by atoms with E-state index in [1.54, 1.807) is 0 Å². The zero-order chi connectivity index (χ0) is 12.1. The maximum atomic E-state index is 12.6. The average Bonchev–Trinajstić information content (AvgIpc) is 2.25. The van der Waals surface area contributed by atoms with Crippen LogP contribution in [0.15, 0.2) is 24.3 Å². The van der Waals surface area contributed by atoms with Gasteiger partial charge in [-0.05, 0) is 31.3 Å². The van der Waals surface area contributed by atoms with E-state index in [1.807, 2.05) is 0 Å². The van der Waals surface area contributed by atoms with E-state index >= 15 is 0 Å². The van der Waals surface area contributed by atoms with Crippen molar-refractivity contribution in [2.45, 2.75) is 12.5 Å². The number of hydrogen-bond acceptors (Lipinski definition) is 3. The molecule has 5 heteroatoms. The monoisotopic (exact) mass is 225 g/mol. The maximum Gasteiger partial charge on any atom is 0.305 e. The van der Waals surface area contributed by atoms with E-state index in [4.69, 9.17) is 5.11 Å². The molecule has 1 unspecified atom stereocenters. The normalized spacial score (nSPS) is 12.1. The summed E-state index contributed by atoms with van der Waals surface area (Å²) in [7, 11) is 1.51. The Balaban J connectivity index is 2.82. The summed E-state index contributed by atoms with van der Waals surface area (Å²) in [4.78, 5) is 22.3. The van der Waals surface area contributed by atoms with Crippen LogP contribution in [0.1, 0.15) is 16.8 Å². The molecule has 0 aromatic heterocycles. The number of Topliss-reactive ketones (excluding diaryl/α,β-unsaturated/α-hetero) is 1. The van der Waals surface area contributed by atoms with Crippen molar-refractivity contribution in [1.82, 2.24) is 5.32 Å². The molecule has 0 amide bonds. The molecule has 1 aromatic carbocycles. The third-order valence-electron chi connectivity index (χ3n) is 2.17. The molecule has 0 spiro atoms. The Hall–Kier alpha value is -1.75. The molecule has 1 rings (SSSR count). The van der Waals surface area contributed by atoms with Crippen LogP contribution < -0.4 is 5.32 Å². The second-order valence-corrected chi connectivity index (χ2v) is 3.31. The summed E-state index contributed by atoms with van der Waals surface area (Å²) in [6, 6.07) is 4.22. The minimum Gasteiger partial charge on any atom is -0.481 e. The molecule has 0 saturated carbocycles. The van der Waals surface area contributed by atoms with Gasteiger partial charge in [-0.3, -0.25) is 9.59 Å². The zero-order valence-corrected chi connectivity index (χ0v) is 8.74. The van der Waals surface area contributed by atoms with E-state index in [-0.39, 0.29) is 12.2 Å². The molecular weight excluding hydrogens is 213 g/mol. The Bertz CT molecular complexity index is 389. The zero-order valence-electron chi connectivity index (χ0n) is 8.74. The van der Waals surface area contributed by atoms with Crippen LogP contribution in [0.5, 0.6) is 0 Å². The molecule has 0 bridgehead atoms. The van der Waals surface area contributed by atoms with Gasteiger partial charge in [-0.1, -0.05) is 0 Å². The largest absolute Gasteiger partial charge is 0.481 e. The fourth-order valence-corrected chi connectivity index (χ4v) is 1.32. The van der Waals surface area contributed by atoms with Crippen molar-refractivity contribution >= 4 is 11.8 Å². The lowest BCUT2D eigenvalue weighted by Crippen LogP contribution is -2.36. The van der Waals surface area contributed by atoms with E-state index < -0.39 is 17.8 Å². The van der Waals surface area contributed by atoms with Crippen LogP contribution in [-0.2, 0) is 4.79 Å². The Kier molecular flexibility index (Phi) is 4.13. The molecule has 0 radical (unpaired) electrons. The Labute approximate surface area is 92.1 Å². The van der Waals surface area contributed by atoms with Gasteiger partial charge in [-0.15, -0.1) is 0 Å². The van der Waals surface area contributed by atoms with Crippen LogP contribution in [0.25, 0.3) is 0 Å². The number of hydrogen-bond donors (Lipinski definition) is 2. The first-order valence-electron chi connectivity index (χ1n) is 4.73. The SMILES string of the molecule is CNC(CC(=O)O)C(=O)c1ccc(F)cc1. The van der Waals surface area contributed by atoms with Crippen LogP contribution in [0, 0.1) is 5.82 Å². The van der Waals surface area contributed by atoms with E-state index in [1.165, 1.54) is 31.3 Å². The molecule has 16 heavy (non-hydrogen) atoms. The molecule has 0 heterocycles. The number of carbonyl (C=O) groups excluding carboxylic acids is 1. The summed E-state index contributed by atoms with van der Waals surface area (Å²) >= 11 is 0. The van der Waals surface area contributed by atoms with Gasteiger partial charge in [0.2, 0.25) is 0 Å². The number of likely N-dealkylation sites (N-methyl/N-ethyl adjacent to an activating group) is 1. The van der Waals surface area contributed by atoms with E-state index in [2.05, 4.69) is 5.32 Å². The highest BCUT2D eigenvalue weighted by Gasteiger charge is 2.20. The first kappa shape index (κ1) is 12.3. The fourth-order valence-electron chi connectivity index (χ4n) is 1.32. The van der Waals surface area contributed by atoms with Crippen molar-refractivity contribution in [3.63, 3.8) is 0 Å². The summed E-state index contributed by atoms with van der Waals surface area (Å²) in [5.41, 5.74) is 0.294. The van der Waals surface area contributed by atoms with Crippen LogP contribution >= 0.6 is 0 Å². The number of aliphatic carboxylic acids is 1. The van der Waals surface area contributed by atoms with Gasteiger partial charge in [0, 0.05) is 5.56 Å². The van der Waals surface area contributed by atoms with Crippen molar-refractivity contribution in [1.29, 1.82) is 0 Å². The topological polar surface area (TPSA) is 66.4 Å². The minimum absolute atomic E-state index is 0.294. The predicted octanol–water partition coefficient (Wildman–Crippen LogP) is 1.07. The third kappa shape index (κ3) is 3.13. The Morgan fingerprint density at radius 3 is 2.38 bits per heavy atom. The number of carbonyl (C=O) groups is 2. The molecule has 86 valence electrons. The standard InChI is InChI=1S/C11H12FNO3/c1-13-9(6-10(14)15)11(16)7-2-4-8(12)5-3-7/h2-5,9,13H,6H2,1H3,(H,14,15). The molecule has 0 aliphatic rings. The summed E-state index contributed by atoms with van der Waals surface area (Å²) in [5.74, 6) is -1.85. The molecule has 0 saturated heterocycles. The van der Waals surface area contributed by atoms with Crippen molar-refractivity contribution in [3.05, 3.63) is 35.6 Å². The van der Waals surface area contributed by atoms with Crippen LogP contribution in [0.4, 0.5) is 4.39 Å². The lowest BCUT2D eigenvalue weighted by Gasteiger charge is -2.12. The lowest BCUT2D eigenvalue weighted by atomic mass is 10.0. The van der Waals surface area contributed by atoms with E-state index in [0.717, 1.165) is 0 Å². The van der Waals surface area contributed by atoms with Crippen molar-refractivity contribution in [2.75, 3.05) is 7.05 Å². The van der Waals surface area contributed by atoms with Gasteiger partial charge in [0.1, 0.15) is 5.82 Å². The van der Waals surface area contributed by atoms with Gasteiger partial charge in [0.25, 0.3) is 0 Å². The number of rotatable bonds is 5. The molecular formula is C11H12FNO3. The van der Waals surface area contributed by atoms with Crippen molar-refractivity contribution in [2.24, 2.45) is 0 Å². The highest BCUT2D eigenvalue weighted by molar-refractivity contribution is 6.01. The summed E-state index contributed by atoms with van der Waals surface area (Å²) in [5, 5.41) is 11.2. The van der Waals surface area contributed by atoms with Gasteiger partial charge in [0.15, 0.2) is 5.78 Å². The van der Waals surface area contributed by atoms with Crippen LogP contribution in [0.3, 0.4) is 0 Å². The van der Waals surface area contributed by atoms with Gasteiger partial charge in [-0.2, -0.15) is 0 Å². The first-order valence-corrected chi connectivity index (χ1v) is 4.73. The molecule has 0 fully saturated rings. The molecule has 1 atom stereocenters. The van der Waals surface area contributed by atoms with Crippen molar-refractivity contribution < 1.29 is 19.1 Å². The first-order chi connectivity index (χ1) is 7.54. The molecule has 4 nitrogen and oxygen atoms in total. The smallest absolute Gasteiger partial charge is 0.305 e. The predicted molar refractivity (Wildman–Crippen MR) is 55.8 cm³/mol. The number of nitrogens with one attached hydrogen (secondary N) is 1. The Morgan fingerprint density at radius 1 is 1.38 bits per heavy atom. The summed E-state index contributed by atoms with van der Waals surface area (Å²) in [6.07, 6.45) is -0.299. The molecule has 2 N–H and O–H groups in total. The summed E-state index contributed by atoms with van der Waals surface area (Å²) < 4.78 is 12.6. The minimum atomic E-state index is -1.06. The van der Waals surface area contributed by atoms with Crippen LogP contribution in [-0.4, -0.2) is 29.9 Å². The molecule has 0 aliphatic carbocycles. The third-order valence-corrected chi connectivity index (χ3v) is 2.17. The Morgan fingerprint density at radius 2 is 1.94 bits per heavy atom. The molecule has 0 aliphatic heterocycles. The maximum absolute atomic E-state index is 12.6. The highest BCUT2D eigenvalue weighted by Crippen LogP contribution is 2.08. The second-order valence-electron chi connectivity index (χ2n) is 3.31. The summed E-state index contributed by atoms with van der Waals surface area (Å²) in [6.45, 7) is 0. The number of halogens is 1. The fraction of sp³-hybridized carbons (Fsp3) is 0.273. The second kappa shape index (κ2) is 5.37. The number of carboxylic acid groups (broad SMARTS) is 1. The van der Waals surface area contributed by atoms with Gasteiger partial charge < -0.3 is 10.4 Å². The molecule has 1 aromatic rings. The number of ketones is 1. The van der Waals surface area contributed by atoms with E-state index in [0.29, 0.717) is 5.56 Å². The quantitative estimate of drug-likeness (QED) is 0.736. The van der Waals surface area contributed by atoms with Gasteiger partial charge in [0.05, 0.1) is 12.5 Å². The number of carboxylic acids is 1. The number of benzene rings is 1. The average molecular weight is 225 g/mol. The van der Waals surface area contributed by atoms with Gasteiger partial charge >= 0.3 is 5.97 Å². The highest BCUT2D eigenvalue weighted by atomic mass is 19.1.